The third-order valence-corrected chi connectivity index (χ3v) is 4.77. The van der Waals surface area contributed by atoms with Crippen molar-refractivity contribution < 1.29 is 9.28 Å². The van der Waals surface area contributed by atoms with Gasteiger partial charge in [0.25, 0.3) is 5.91 Å². The minimum absolute atomic E-state index is 0.206. The topological polar surface area (TPSA) is 58.7 Å². The van der Waals surface area contributed by atoms with Gasteiger partial charge in [0.2, 0.25) is 0 Å². The number of carbonyl (C=O) groups is 1. The summed E-state index contributed by atoms with van der Waals surface area (Å²) >= 11 is 0. The lowest BCUT2D eigenvalue weighted by molar-refractivity contribution is -0.749. The second-order valence-electron chi connectivity index (χ2n) is 7.21. The zero-order valence-electron chi connectivity index (χ0n) is 16.0. The maximum Gasteiger partial charge on any atom is 0.273 e. The fraction of sp³-hybridized carbons (Fsp3) is 0.273. The number of nitrogens with two attached hydrogens (primary N) is 1. The monoisotopic (exact) mass is 363 g/mol. The number of benzene rings is 2. The first kappa shape index (κ1) is 19.0. The Bertz CT molecular complexity index is 843. The van der Waals surface area contributed by atoms with Gasteiger partial charge < -0.3 is 10.6 Å². The Morgan fingerprint density at radius 1 is 1.00 bits per heavy atom. The van der Waals surface area contributed by atoms with Crippen LogP contribution < -0.4 is 5.73 Å². The van der Waals surface area contributed by atoms with Crippen LogP contribution >= 0.6 is 0 Å². The van der Waals surface area contributed by atoms with Gasteiger partial charge in [-0.1, -0.05) is 48.5 Å². The Kier molecular flexibility index (Phi) is 5.84. The molecule has 0 aromatic heterocycles. The van der Waals surface area contributed by atoms with E-state index in [-0.39, 0.29) is 12.5 Å². The van der Waals surface area contributed by atoms with Gasteiger partial charge in [0.1, 0.15) is 5.70 Å². The predicted octanol–water partition coefficient (Wildman–Crippen LogP) is 2.81. The summed E-state index contributed by atoms with van der Waals surface area (Å²) in [6.45, 7) is 1.91. The number of hydrogen-bond acceptors (Lipinski definition) is 3. The second-order valence-corrected chi connectivity index (χ2v) is 7.21. The van der Waals surface area contributed by atoms with Crippen LogP contribution in [-0.4, -0.2) is 55.4 Å². The van der Waals surface area contributed by atoms with Gasteiger partial charge in [-0.2, -0.15) is 4.99 Å². The van der Waals surface area contributed by atoms with Gasteiger partial charge in [0.15, 0.2) is 18.6 Å². The highest BCUT2D eigenvalue weighted by molar-refractivity contribution is 5.96. The predicted molar refractivity (Wildman–Crippen MR) is 111 cm³/mol. The number of nitrogens with zero attached hydrogens (tertiary/aromatic N) is 3. The molecule has 0 aliphatic carbocycles. The van der Waals surface area contributed by atoms with Crippen LogP contribution in [0.5, 0.6) is 0 Å². The number of quaternary nitrogens is 1. The molecule has 0 bridgehead atoms. The van der Waals surface area contributed by atoms with Gasteiger partial charge in [-0.3, -0.25) is 4.79 Å². The number of amides is 1. The summed E-state index contributed by atoms with van der Waals surface area (Å²) < 4.78 is 0.359. The van der Waals surface area contributed by atoms with Crippen LogP contribution in [0, 0.1) is 0 Å². The molecule has 0 saturated heterocycles. The molecule has 0 saturated carbocycles. The molecular formula is C22H27N4O+. The first-order valence-electron chi connectivity index (χ1n) is 9.22. The van der Waals surface area contributed by atoms with E-state index in [9.17, 15) is 4.79 Å². The van der Waals surface area contributed by atoms with Crippen molar-refractivity contribution in [1.82, 2.24) is 4.90 Å². The molecule has 5 heteroatoms. The SMILES string of the molecule is CN(C)CCC[N+]1(CC(N)=O)C=NC(c2ccccc2)=C1c1ccccc1. The van der Waals surface area contributed by atoms with Crippen molar-refractivity contribution in [2.75, 3.05) is 33.7 Å². The Labute approximate surface area is 161 Å². The lowest BCUT2D eigenvalue weighted by Crippen LogP contribution is -2.50. The first-order valence-corrected chi connectivity index (χ1v) is 9.22. The smallest absolute Gasteiger partial charge is 0.273 e. The Hall–Kier alpha value is -2.76. The van der Waals surface area contributed by atoms with Crippen molar-refractivity contribution in [3.63, 3.8) is 0 Å². The largest absolute Gasteiger partial charge is 0.365 e. The van der Waals surface area contributed by atoms with Crippen molar-refractivity contribution >= 4 is 23.6 Å². The van der Waals surface area contributed by atoms with Gasteiger partial charge in [0, 0.05) is 24.1 Å². The zero-order valence-corrected chi connectivity index (χ0v) is 16.0. The third kappa shape index (κ3) is 4.32. The molecule has 1 amide bonds. The summed E-state index contributed by atoms with van der Waals surface area (Å²) in [5.41, 5.74) is 9.73. The third-order valence-electron chi connectivity index (χ3n) is 4.77. The maximum atomic E-state index is 12.0. The normalized spacial score (nSPS) is 19.1. The van der Waals surface area contributed by atoms with E-state index in [1.165, 1.54) is 0 Å². The van der Waals surface area contributed by atoms with Crippen LogP contribution in [0.4, 0.5) is 0 Å². The lowest BCUT2D eigenvalue weighted by Gasteiger charge is -2.32. The quantitative estimate of drug-likeness (QED) is 0.733. The minimum Gasteiger partial charge on any atom is -0.365 e. The summed E-state index contributed by atoms with van der Waals surface area (Å²) in [6, 6.07) is 20.3. The molecule has 1 heterocycles. The van der Waals surface area contributed by atoms with Gasteiger partial charge in [-0.15, -0.1) is 0 Å². The molecule has 5 nitrogen and oxygen atoms in total. The van der Waals surface area contributed by atoms with E-state index >= 15 is 0 Å². The van der Waals surface area contributed by atoms with E-state index in [0.717, 1.165) is 42.0 Å². The molecule has 1 unspecified atom stereocenters. The average Bonchev–Trinajstić information content (AvgIpc) is 3.01. The van der Waals surface area contributed by atoms with Crippen molar-refractivity contribution in [2.24, 2.45) is 10.7 Å². The fourth-order valence-electron chi connectivity index (χ4n) is 3.61. The van der Waals surface area contributed by atoms with Crippen LogP contribution in [0.2, 0.25) is 0 Å². The van der Waals surface area contributed by atoms with Crippen LogP contribution in [0.25, 0.3) is 11.4 Å². The summed E-state index contributed by atoms with van der Waals surface area (Å²) in [7, 11) is 4.11. The van der Waals surface area contributed by atoms with Gasteiger partial charge >= 0.3 is 0 Å². The number of carbonyl (C=O) groups excluding carboxylic acids is 1. The molecule has 1 aliphatic heterocycles. The molecule has 2 aromatic rings. The van der Waals surface area contributed by atoms with Crippen molar-refractivity contribution in [1.29, 1.82) is 0 Å². The molecule has 140 valence electrons. The van der Waals surface area contributed by atoms with Gasteiger partial charge in [-0.25, -0.2) is 4.48 Å². The van der Waals surface area contributed by atoms with Crippen molar-refractivity contribution in [3.05, 3.63) is 71.8 Å². The number of hydrogen-bond donors (Lipinski definition) is 1. The molecule has 3 rings (SSSR count). The van der Waals surface area contributed by atoms with E-state index in [4.69, 9.17) is 10.7 Å². The van der Waals surface area contributed by atoms with Crippen LogP contribution in [0.1, 0.15) is 17.5 Å². The van der Waals surface area contributed by atoms with E-state index < -0.39 is 0 Å². The highest BCUT2D eigenvalue weighted by Gasteiger charge is 2.41. The van der Waals surface area contributed by atoms with E-state index in [1.807, 2.05) is 42.7 Å². The second kappa shape index (κ2) is 8.29. The Morgan fingerprint density at radius 2 is 1.59 bits per heavy atom. The van der Waals surface area contributed by atoms with Crippen molar-refractivity contribution in [3.8, 4) is 0 Å². The molecule has 2 N–H and O–H groups in total. The van der Waals surface area contributed by atoms with E-state index in [2.05, 4.69) is 43.3 Å². The Balaban J connectivity index is 2.11. The standard InChI is InChI=1S/C22H26N4O/c1-25(2)14-9-15-26(16-20(23)27)17-24-21(18-10-5-3-6-11-18)22(26)19-12-7-4-8-13-19/h3-8,10-13,17H,9,14-16H2,1-2H3,(H-,23,27)/p+1. The fourth-order valence-corrected chi connectivity index (χ4v) is 3.61. The summed E-state index contributed by atoms with van der Waals surface area (Å²) in [6.07, 6.45) is 2.83. The van der Waals surface area contributed by atoms with E-state index in [1.54, 1.807) is 0 Å². The lowest BCUT2D eigenvalue weighted by atomic mass is 10.0. The van der Waals surface area contributed by atoms with Crippen LogP contribution in [-0.2, 0) is 4.79 Å². The van der Waals surface area contributed by atoms with Crippen LogP contribution in [0.15, 0.2) is 65.7 Å². The van der Waals surface area contributed by atoms with Crippen molar-refractivity contribution in [2.45, 2.75) is 6.42 Å². The Morgan fingerprint density at radius 3 is 2.15 bits per heavy atom. The number of aliphatic imine (C=N–C) groups is 1. The molecule has 27 heavy (non-hydrogen) atoms. The molecule has 0 spiro atoms. The van der Waals surface area contributed by atoms with E-state index in [0.29, 0.717) is 4.48 Å². The summed E-state index contributed by atoms with van der Waals surface area (Å²) in [5.74, 6) is -0.325. The molecule has 1 aliphatic rings. The number of rotatable bonds is 8. The minimum atomic E-state index is -0.325. The molecule has 2 aromatic carbocycles. The highest BCUT2D eigenvalue weighted by atomic mass is 16.1. The number of primary amides is 1. The molecule has 1 atom stereocenters. The highest BCUT2D eigenvalue weighted by Crippen LogP contribution is 2.39. The summed E-state index contributed by atoms with van der Waals surface area (Å²) in [4.78, 5) is 18.9. The first-order chi connectivity index (χ1) is 13.0. The van der Waals surface area contributed by atoms with Gasteiger partial charge in [-0.05, 0) is 26.2 Å². The average molecular weight is 363 g/mol. The van der Waals surface area contributed by atoms with Gasteiger partial charge in [0.05, 0.1) is 6.54 Å². The zero-order chi connectivity index (χ0) is 19.3. The van der Waals surface area contributed by atoms with Crippen LogP contribution in [0.3, 0.4) is 0 Å². The molecule has 0 radical (unpaired) electrons. The summed E-state index contributed by atoms with van der Waals surface area (Å²) in [5, 5.41) is 0. The molecular weight excluding hydrogens is 336 g/mol. The molecule has 0 fully saturated rings. The maximum absolute atomic E-state index is 12.0.